The number of imidazole rings is 1. The molecule has 0 spiro atoms. The summed E-state index contributed by atoms with van der Waals surface area (Å²) in [6.45, 7) is -0.326. The zero-order chi connectivity index (χ0) is 13.0. The third-order valence-corrected chi connectivity index (χ3v) is 3.02. The van der Waals surface area contributed by atoms with Crippen LogP contribution in [0.3, 0.4) is 0 Å². The van der Waals surface area contributed by atoms with Crippen LogP contribution < -0.4 is 0 Å². The summed E-state index contributed by atoms with van der Waals surface area (Å²) in [6, 6.07) is 8.75. The van der Waals surface area contributed by atoms with Gasteiger partial charge in [0.2, 0.25) is 0 Å². The highest BCUT2D eigenvalue weighted by Crippen LogP contribution is 2.26. The second kappa shape index (κ2) is 5.01. The SMILES string of the molecule is O=C(O)C(CO)(Cn1ccnc1)c1ccccc1. The Kier molecular flexibility index (Phi) is 3.43. The molecule has 0 aliphatic carbocycles. The molecule has 18 heavy (non-hydrogen) atoms. The number of carboxylic acids is 1. The van der Waals surface area contributed by atoms with Crippen LogP contribution in [0.4, 0.5) is 0 Å². The van der Waals surface area contributed by atoms with Gasteiger partial charge in [-0.05, 0) is 5.56 Å². The number of carboxylic acid groups (broad SMARTS) is 1. The van der Waals surface area contributed by atoms with Crippen molar-refractivity contribution in [3.63, 3.8) is 0 Å². The van der Waals surface area contributed by atoms with Gasteiger partial charge in [-0.1, -0.05) is 30.3 Å². The van der Waals surface area contributed by atoms with Crippen LogP contribution in [0.1, 0.15) is 5.56 Å². The zero-order valence-electron chi connectivity index (χ0n) is 9.73. The van der Waals surface area contributed by atoms with Crippen LogP contribution in [-0.2, 0) is 16.8 Å². The predicted molar refractivity (Wildman–Crippen MR) is 65.1 cm³/mol. The maximum Gasteiger partial charge on any atom is 0.318 e. The minimum Gasteiger partial charge on any atom is -0.480 e. The lowest BCUT2D eigenvalue weighted by Gasteiger charge is -2.28. The first-order valence-electron chi connectivity index (χ1n) is 5.54. The maximum absolute atomic E-state index is 11.6. The molecular weight excluding hydrogens is 232 g/mol. The average Bonchev–Trinajstić information content (AvgIpc) is 2.89. The minimum atomic E-state index is -1.35. The second-order valence-electron chi connectivity index (χ2n) is 4.15. The fraction of sp³-hybridized carbons (Fsp3) is 0.231. The number of carbonyl (C=O) groups is 1. The quantitative estimate of drug-likeness (QED) is 0.821. The Morgan fingerprint density at radius 1 is 1.33 bits per heavy atom. The van der Waals surface area contributed by atoms with Crippen molar-refractivity contribution < 1.29 is 15.0 Å². The van der Waals surface area contributed by atoms with Gasteiger partial charge in [0.25, 0.3) is 0 Å². The molecule has 2 aromatic rings. The smallest absolute Gasteiger partial charge is 0.318 e. The Bertz CT molecular complexity index is 510. The van der Waals surface area contributed by atoms with E-state index >= 15 is 0 Å². The van der Waals surface area contributed by atoms with Gasteiger partial charge in [0, 0.05) is 18.9 Å². The van der Waals surface area contributed by atoms with Crippen LogP contribution in [0, 0.1) is 0 Å². The van der Waals surface area contributed by atoms with Gasteiger partial charge >= 0.3 is 5.97 Å². The summed E-state index contributed by atoms with van der Waals surface area (Å²) < 4.78 is 1.65. The minimum absolute atomic E-state index is 0.142. The number of aromatic nitrogens is 2. The Morgan fingerprint density at radius 2 is 2.06 bits per heavy atom. The van der Waals surface area contributed by atoms with Gasteiger partial charge in [0.05, 0.1) is 12.9 Å². The lowest BCUT2D eigenvalue weighted by Crippen LogP contribution is -2.43. The predicted octanol–water partition coefficient (Wildman–Crippen LogP) is 0.898. The highest BCUT2D eigenvalue weighted by Gasteiger charge is 2.40. The van der Waals surface area contributed by atoms with Crippen molar-refractivity contribution in [1.29, 1.82) is 0 Å². The molecule has 1 atom stereocenters. The summed E-state index contributed by atoms with van der Waals surface area (Å²) in [5.41, 5.74) is -0.768. The first kappa shape index (κ1) is 12.3. The summed E-state index contributed by atoms with van der Waals surface area (Å²) in [5.74, 6) is -1.05. The van der Waals surface area contributed by atoms with Crippen LogP contribution in [0.5, 0.6) is 0 Å². The molecule has 0 fully saturated rings. The lowest BCUT2D eigenvalue weighted by atomic mass is 9.81. The number of nitrogens with zero attached hydrogens (tertiary/aromatic N) is 2. The van der Waals surface area contributed by atoms with E-state index in [-0.39, 0.29) is 6.54 Å². The fourth-order valence-electron chi connectivity index (χ4n) is 1.94. The topological polar surface area (TPSA) is 75.3 Å². The van der Waals surface area contributed by atoms with Gasteiger partial charge < -0.3 is 14.8 Å². The third-order valence-electron chi connectivity index (χ3n) is 3.02. The highest BCUT2D eigenvalue weighted by molar-refractivity contribution is 5.81. The Labute approximate surface area is 104 Å². The molecule has 5 heteroatoms. The van der Waals surface area contributed by atoms with Crippen molar-refractivity contribution >= 4 is 5.97 Å². The molecule has 0 amide bonds. The van der Waals surface area contributed by atoms with E-state index in [9.17, 15) is 15.0 Å². The molecule has 2 N–H and O–H groups in total. The second-order valence-corrected chi connectivity index (χ2v) is 4.15. The van der Waals surface area contributed by atoms with E-state index in [0.717, 1.165) is 0 Å². The molecule has 1 unspecified atom stereocenters. The Balaban J connectivity index is 2.43. The van der Waals surface area contributed by atoms with Gasteiger partial charge in [-0.3, -0.25) is 4.79 Å². The van der Waals surface area contributed by atoms with E-state index in [1.165, 1.54) is 6.33 Å². The Hall–Kier alpha value is -2.14. The lowest BCUT2D eigenvalue weighted by molar-refractivity contribution is -0.146. The molecule has 1 aromatic heterocycles. The number of hydrogen-bond donors (Lipinski definition) is 2. The van der Waals surface area contributed by atoms with E-state index in [1.807, 2.05) is 6.07 Å². The summed E-state index contributed by atoms with van der Waals surface area (Å²) in [5, 5.41) is 19.1. The molecule has 1 aromatic carbocycles. The van der Waals surface area contributed by atoms with Crippen LogP contribution in [0.2, 0.25) is 0 Å². The van der Waals surface area contributed by atoms with E-state index in [1.54, 1.807) is 41.2 Å². The monoisotopic (exact) mass is 246 g/mol. The van der Waals surface area contributed by atoms with Crippen molar-refractivity contribution in [2.45, 2.75) is 12.0 Å². The van der Waals surface area contributed by atoms with Crippen LogP contribution in [0.25, 0.3) is 0 Å². The normalized spacial score (nSPS) is 14.1. The molecule has 94 valence electrons. The van der Waals surface area contributed by atoms with Crippen molar-refractivity contribution in [1.82, 2.24) is 9.55 Å². The van der Waals surface area contributed by atoms with Crippen LogP contribution in [-0.4, -0.2) is 32.3 Å². The number of aliphatic carboxylic acids is 1. The number of hydrogen-bond acceptors (Lipinski definition) is 3. The van der Waals surface area contributed by atoms with E-state index < -0.39 is 18.0 Å². The first-order valence-corrected chi connectivity index (χ1v) is 5.54. The summed E-state index contributed by atoms with van der Waals surface area (Å²) in [6.07, 6.45) is 4.79. The number of aliphatic hydroxyl groups excluding tert-OH is 1. The number of benzene rings is 1. The summed E-state index contributed by atoms with van der Waals surface area (Å²) in [7, 11) is 0. The summed E-state index contributed by atoms with van der Waals surface area (Å²) in [4.78, 5) is 15.5. The molecule has 0 aliphatic heterocycles. The van der Waals surface area contributed by atoms with Crippen molar-refractivity contribution in [3.8, 4) is 0 Å². The average molecular weight is 246 g/mol. The standard InChI is InChI=1S/C13H14N2O3/c16-9-13(12(17)18,8-15-7-6-14-10-15)11-4-2-1-3-5-11/h1-7,10,16H,8-9H2,(H,17,18). The molecule has 0 aliphatic rings. The number of aliphatic hydroxyl groups is 1. The van der Waals surface area contributed by atoms with Gasteiger partial charge in [0.1, 0.15) is 5.41 Å². The fourth-order valence-corrected chi connectivity index (χ4v) is 1.94. The first-order chi connectivity index (χ1) is 8.69. The van der Waals surface area contributed by atoms with Crippen LogP contribution >= 0.6 is 0 Å². The van der Waals surface area contributed by atoms with Gasteiger partial charge in [-0.25, -0.2) is 4.98 Å². The van der Waals surface area contributed by atoms with Crippen molar-refractivity contribution in [3.05, 3.63) is 54.6 Å². The number of rotatable bonds is 5. The maximum atomic E-state index is 11.6. The Morgan fingerprint density at radius 3 is 2.56 bits per heavy atom. The third kappa shape index (κ3) is 2.12. The molecule has 0 saturated heterocycles. The van der Waals surface area contributed by atoms with Crippen LogP contribution in [0.15, 0.2) is 49.1 Å². The molecule has 0 radical (unpaired) electrons. The molecule has 0 saturated carbocycles. The molecule has 0 bridgehead atoms. The van der Waals surface area contributed by atoms with E-state index in [4.69, 9.17) is 0 Å². The molecule has 2 rings (SSSR count). The van der Waals surface area contributed by atoms with Gasteiger partial charge in [0.15, 0.2) is 0 Å². The van der Waals surface area contributed by atoms with Crippen molar-refractivity contribution in [2.24, 2.45) is 0 Å². The van der Waals surface area contributed by atoms with E-state index in [0.29, 0.717) is 5.56 Å². The van der Waals surface area contributed by atoms with Gasteiger partial charge in [-0.15, -0.1) is 0 Å². The molecule has 1 heterocycles. The van der Waals surface area contributed by atoms with Crippen molar-refractivity contribution in [2.75, 3.05) is 6.61 Å². The van der Waals surface area contributed by atoms with E-state index in [2.05, 4.69) is 4.98 Å². The highest BCUT2D eigenvalue weighted by atomic mass is 16.4. The molecule has 5 nitrogen and oxygen atoms in total. The zero-order valence-corrected chi connectivity index (χ0v) is 9.73. The largest absolute Gasteiger partial charge is 0.480 e. The van der Waals surface area contributed by atoms with Gasteiger partial charge in [-0.2, -0.15) is 0 Å². The molecular formula is C13H14N2O3. The summed E-state index contributed by atoms with van der Waals surface area (Å²) >= 11 is 0.